The van der Waals surface area contributed by atoms with E-state index in [0.29, 0.717) is 18.0 Å². The van der Waals surface area contributed by atoms with Crippen LogP contribution in [0.2, 0.25) is 0 Å². The van der Waals surface area contributed by atoms with Gasteiger partial charge in [-0.1, -0.05) is 39.0 Å². The van der Waals surface area contributed by atoms with Gasteiger partial charge in [0.15, 0.2) is 0 Å². The number of nitrogens with zero attached hydrogens (tertiary/aromatic N) is 1. The lowest BCUT2D eigenvalue weighted by Gasteiger charge is -2.33. The number of carbonyl (C=O) groups excluding carboxylic acids is 1. The fourth-order valence-electron chi connectivity index (χ4n) is 2.93. The minimum absolute atomic E-state index is 0.330. The fourth-order valence-corrected chi connectivity index (χ4v) is 2.93. The molecule has 3 nitrogen and oxygen atoms in total. The van der Waals surface area contributed by atoms with Crippen molar-refractivity contribution in [3.63, 3.8) is 0 Å². The van der Waals surface area contributed by atoms with Gasteiger partial charge in [-0.25, -0.2) is 0 Å². The van der Waals surface area contributed by atoms with Gasteiger partial charge in [-0.15, -0.1) is 0 Å². The van der Waals surface area contributed by atoms with E-state index in [1.54, 1.807) is 0 Å². The average Bonchev–Trinajstić information content (AvgIpc) is 2.42. The monoisotopic (exact) mass is 268 g/mol. The molecule has 19 heavy (non-hydrogen) atoms. The smallest absolute Gasteiger partial charge is 0.222 e. The maximum absolute atomic E-state index is 12.1. The van der Waals surface area contributed by atoms with Gasteiger partial charge < -0.3 is 10.6 Å². The summed E-state index contributed by atoms with van der Waals surface area (Å²) in [6.07, 6.45) is 12.5. The molecule has 1 fully saturated rings. The van der Waals surface area contributed by atoms with Crippen molar-refractivity contribution in [1.29, 1.82) is 0 Å². The Morgan fingerprint density at radius 3 is 2.26 bits per heavy atom. The van der Waals surface area contributed by atoms with Crippen LogP contribution in [0.5, 0.6) is 0 Å². The van der Waals surface area contributed by atoms with Gasteiger partial charge in [0.2, 0.25) is 5.91 Å². The van der Waals surface area contributed by atoms with E-state index in [9.17, 15) is 4.79 Å². The minimum Gasteiger partial charge on any atom is -0.343 e. The average molecular weight is 268 g/mol. The third-order valence-electron chi connectivity index (χ3n) is 4.43. The second-order valence-electron chi connectivity index (χ2n) is 6.09. The lowest BCUT2D eigenvalue weighted by Crippen LogP contribution is -2.41. The topological polar surface area (TPSA) is 46.3 Å². The number of carbonyl (C=O) groups is 1. The zero-order chi connectivity index (χ0) is 14.1. The Morgan fingerprint density at radius 2 is 1.63 bits per heavy atom. The Hall–Kier alpha value is -0.570. The second-order valence-corrected chi connectivity index (χ2v) is 6.09. The van der Waals surface area contributed by atoms with Crippen LogP contribution in [0, 0.1) is 0 Å². The molecule has 0 heterocycles. The highest BCUT2D eigenvalue weighted by Crippen LogP contribution is 2.22. The quantitative estimate of drug-likeness (QED) is 0.685. The first kappa shape index (κ1) is 16.5. The summed E-state index contributed by atoms with van der Waals surface area (Å²) in [6, 6.07) is 0.797. The Balaban J connectivity index is 2.11. The number of unbranched alkanes of at least 4 members (excludes halogenated alkanes) is 5. The summed E-state index contributed by atoms with van der Waals surface area (Å²) >= 11 is 0. The van der Waals surface area contributed by atoms with Crippen molar-refractivity contribution < 1.29 is 4.79 Å². The van der Waals surface area contributed by atoms with Gasteiger partial charge in [0.1, 0.15) is 0 Å². The summed E-state index contributed by atoms with van der Waals surface area (Å²) < 4.78 is 0. The molecule has 1 rings (SSSR count). The summed E-state index contributed by atoms with van der Waals surface area (Å²) in [6.45, 7) is 2.23. The first-order chi connectivity index (χ1) is 9.15. The molecule has 3 heteroatoms. The molecule has 0 unspecified atom stereocenters. The predicted molar refractivity (Wildman–Crippen MR) is 81.0 cm³/mol. The zero-order valence-corrected chi connectivity index (χ0v) is 12.9. The Labute approximate surface area is 118 Å². The van der Waals surface area contributed by atoms with Gasteiger partial charge in [0.25, 0.3) is 0 Å². The van der Waals surface area contributed by atoms with E-state index in [-0.39, 0.29) is 0 Å². The summed E-state index contributed by atoms with van der Waals surface area (Å²) in [7, 11) is 1.97. The number of nitrogens with two attached hydrogens (primary N) is 1. The molecule has 0 atom stereocenters. The van der Waals surface area contributed by atoms with E-state index in [4.69, 9.17) is 5.73 Å². The van der Waals surface area contributed by atoms with E-state index in [0.717, 1.165) is 38.5 Å². The molecule has 1 aliphatic carbocycles. The number of amides is 1. The third kappa shape index (κ3) is 6.42. The Bertz CT molecular complexity index is 247. The highest BCUT2D eigenvalue weighted by atomic mass is 16.2. The molecule has 1 saturated carbocycles. The largest absolute Gasteiger partial charge is 0.343 e. The van der Waals surface area contributed by atoms with Crippen molar-refractivity contribution in [2.24, 2.45) is 5.73 Å². The highest BCUT2D eigenvalue weighted by Gasteiger charge is 2.24. The van der Waals surface area contributed by atoms with Gasteiger partial charge in [-0.3, -0.25) is 4.79 Å². The van der Waals surface area contributed by atoms with E-state index < -0.39 is 0 Å². The van der Waals surface area contributed by atoms with Crippen LogP contribution in [0.25, 0.3) is 0 Å². The molecule has 0 radical (unpaired) electrons. The molecule has 0 aromatic rings. The van der Waals surface area contributed by atoms with Crippen molar-refractivity contribution >= 4 is 5.91 Å². The van der Waals surface area contributed by atoms with Crippen LogP contribution in [0.15, 0.2) is 0 Å². The van der Waals surface area contributed by atoms with Crippen LogP contribution in [0.4, 0.5) is 0 Å². The van der Waals surface area contributed by atoms with Crippen molar-refractivity contribution in [1.82, 2.24) is 4.90 Å². The maximum atomic E-state index is 12.1. The lowest BCUT2D eigenvalue weighted by atomic mass is 9.91. The number of hydrogen-bond acceptors (Lipinski definition) is 2. The van der Waals surface area contributed by atoms with Gasteiger partial charge in [-0.2, -0.15) is 0 Å². The van der Waals surface area contributed by atoms with Gasteiger partial charge in [0, 0.05) is 25.6 Å². The van der Waals surface area contributed by atoms with Crippen LogP contribution in [-0.2, 0) is 4.79 Å². The molecule has 0 bridgehead atoms. The van der Waals surface area contributed by atoms with Gasteiger partial charge in [-0.05, 0) is 32.1 Å². The van der Waals surface area contributed by atoms with E-state index in [2.05, 4.69) is 6.92 Å². The number of rotatable bonds is 8. The van der Waals surface area contributed by atoms with Crippen LogP contribution in [-0.4, -0.2) is 29.9 Å². The van der Waals surface area contributed by atoms with Crippen LogP contribution in [0.3, 0.4) is 0 Å². The normalized spacial score (nSPS) is 23.3. The fraction of sp³-hybridized carbons (Fsp3) is 0.938. The van der Waals surface area contributed by atoms with Gasteiger partial charge >= 0.3 is 0 Å². The summed E-state index contributed by atoms with van der Waals surface area (Å²) in [4.78, 5) is 14.1. The second kappa shape index (κ2) is 9.35. The first-order valence-electron chi connectivity index (χ1n) is 8.16. The summed E-state index contributed by atoms with van der Waals surface area (Å²) in [5.74, 6) is 0.330. The maximum Gasteiger partial charge on any atom is 0.222 e. The Morgan fingerprint density at radius 1 is 1.05 bits per heavy atom. The highest BCUT2D eigenvalue weighted by molar-refractivity contribution is 5.76. The van der Waals surface area contributed by atoms with Crippen LogP contribution in [0.1, 0.15) is 77.6 Å². The molecule has 0 aliphatic heterocycles. The minimum atomic E-state index is 0.330. The summed E-state index contributed by atoms with van der Waals surface area (Å²) in [5, 5.41) is 0. The molecule has 0 aromatic carbocycles. The van der Waals surface area contributed by atoms with Crippen molar-refractivity contribution in [2.75, 3.05) is 7.05 Å². The summed E-state index contributed by atoms with van der Waals surface area (Å²) in [5.41, 5.74) is 5.91. The van der Waals surface area contributed by atoms with Crippen LogP contribution >= 0.6 is 0 Å². The predicted octanol–water partition coefficient (Wildman–Crippen LogP) is 3.47. The molecular formula is C16H32N2O. The van der Waals surface area contributed by atoms with E-state index in [1.807, 2.05) is 11.9 Å². The molecule has 2 N–H and O–H groups in total. The van der Waals surface area contributed by atoms with Gasteiger partial charge in [0.05, 0.1) is 0 Å². The molecule has 0 saturated heterocycles. The lowest BCUT2D eigenvalue weighted by molar-refractivity contribution is -0.132. The number of hydrogen-bond donors (Lipinski definition) is 1. The molecule has 0 spiro atoms. The standard InChI is InChI=1S/C16H32N2O/c1-3-4-5-6-7-8-9-16(19)18(2)15-12-10-14(17)11-13-15/h14-15H,3-13,17H2,1-2H3. The SMILES string of the molecule is CCCCCCCCC(=O)N(C)C1CCC(N)CC1. The van der Waals surface area contributed by atoms with Crippen molar-refractivity contribution in [2.45, 2.75) is 89.6 Å². The zero-order valence-electron chi connectivity index (χ0n) is 12.9. The molecule has 112 valence electrons. The third-order valence-corrected chi connectivity index (χ3v) is 4.43. The van der Waals surface area contributed by atoms with E-state index >= 15 is 0 Å². The van der Waals surface area contributed by atoms with Crippen molar-refractivity contribution in [3.05, 3.63) is 0 Å². The van der Waals surface area contributed by atoms with E-state index in [1.165, 1.54) is 32.1 Å². The van der Waals surface area contributed by atoms with Crippen molar-refractivity contribution in [3.8, 4) is 0 Å². The molecule has 1 aliphatic rings. The molecule has 0 aromatic heterocycles. The van der Waals surface area contributed by atoms with Crippen LogP contribution < -0.4 is 5.73 Å². The molecular weight excluding hydrogens is 236 g/mol. The molecule has 1 amide bonds. The Kier molecular flexibility index (Phi) is 8.11. The first-order valence-corrected chi connectivity index (χ1v) is 8.16.